The molecule has 1 aliphatic heterocycles. The van der Waals surface area contributed by atoms with Gasteiger partial charge in [-0.1, -0.05) is 24.3 Å². The molecule has 0 radical (unpaired) electrons. The second kappa shape index (κ2) is 10.6. The number of nitrogens with one attached hydrogen (secondary N) is 1. The van der Waals surface area contributed by atoms with Crippen LogP contribution in [0.15, 0.2) is 53.9 Å². The summed E-state index contributed by atoms with van der Waals surface area (Å²) in [6.07, 6.45) is 1.71. The fourth-order valence-electron chi connectivity index (χ4n) is 4.09. The number of carbonyl (C=O) groups is 3. The highest BCUT2D eigenvalue weighted by atomic mass is 32.1. The minimum absolute atomic E-state index is 0.0159. The summed E-state index contributed by atoms with van der Waals surface area (Å²) in [5.74, 6) is -0.837. The molecule has 0 saturated carbocycles. The first kappa shape index (κ1) is 24.3. The summed E-state index contributed by atoms with van der Waals surface area (Å²) in [5.41, 5.74) is 2.16. The Morgan fingerprint density at radius 1 is 1.06 bits per heavy atom. The molecule has 35 heavy (non-hydrogen) atoms. The van der Waals surface area contributed by atoms with Gasteiger partial charge in [0, 0.05) is 23.9 Å². The van der Waals surface area contributed by atoms with Gasteiger partial charge >= 0.3 is 5.97 Å². The van der Waals surface area contributed by atoms with Gasteiger partial charge in [-0.05, 0) is 42.8 Å². The Morgan fingerprint density at radius 2 is 1.80 bits per heavy atom. The predicted octanol–water partition coefficient (Wildman–Crippen LogP) is 4.54. The van der Waals surface area contributed by atoms with Crippen molar-refractivity contribution in [2.75, 3.05) is 31.0 Å². The minimum atomic E-state index is -0.765. The Morgan fingerprint density at radius 3 is 2.51 bits per heavy atom. The molecule has 2 aromatic carbocycles. The molecule has 0 aliphatic carbocycles. The zero-order valence-electron chi connectivity index (χ0n) is 19.7. The molecule has 1 aromatic heterocycles. The van der Waals surface area contributed by atoms with E-state index in [9.17, 15) is 14.4 Å². The van der Waals surface area contributed by atoms with Crippen molar-refractivity contribution in [2.45, 2.75) is 25.8 Å². The van der Waals surface area contributed by atoms with Crippen molar-refractivity contribution in [1.29, 1.82) is 0 Å². The first-order valence-corrected chi connectivity index (χ1v) is 12.0. The van der Waals surface area contributed by atoms with Crippen molar-refractivity contribution >= 4 is 40.5 Å². The van der Waals surface area contributed by atoms with Gasteiger partial charge in [0.05, 0.1) is 30.3 Å². The van der Waals surface area contributed by atoms with Crippen LogP contribution in [-0.4, -0.2) is 44.7 Å². The molecule has 8 nitrogen and oxygen atoms in total. The van der Waals surface area contributed by atoms with Crippen LogP contribution in [0.3, 0.4) is 0 Å². The lowest BCUT2D eigenvalue weighted by Crippen LogP contribution is -2.44. The van der Waals surface area contributed by atoms with E-state index in [-0.39, 0.29) is 29.1 Å². The number of methoxy groups -OCH3 is 2. The van der Waals surface area contributed by atoms with Crippen LogP contribution >= 0.6 is 11.3 Å². The lowest BCUT2D eigenvalue weighted by atomic mass is 9.96. The van der Waals surface area contributed by atoms with Crippen LogP contribution in [-0.2, 0) is 16.0 Å². The summed E-state index contributed by atoms with van der Waals surface area (Å²) in [4.78, 5) is 41.0. The molecule has 2 amide bonds. The van der Waals surface area contributed by atoms with Crippen LogP contribution < -0.4 is 19.7 Å². The van der Waals surface area contributed by atoms with Crippen molar-refractivity contribution in [3.8, 4) is 11.5 Å². The molecule has 3 aromatic rings. The third-order valence-corrected chi connectivity index (χ3v) is 6.72. The smallest absolute Gasteiger partial charge is 0.340 e. The maximum absolute atomic E-state index is 13.1. The van der Waals surface area contributed by atoms with E-state index >= 15 is 0 Å². The van der Waals surface area contributed by atoms with Gasteiger partial charge < -0.3 is 24.4 Å². The van der Waals surface area contributed by atoms with Crippen molar-refractivity contribution in [3.05, 3.63) is 69.9 Å². The fourth-order valence-corrected chi connectivity index (χ4v) is 4.70. The van der Waals surface area contributed by atoms with Crippen molar-refractivity contribution in [3.63, 3.8) is 0 Å². The van der Waals surface area contributed by atoms with Gasteiger partial charge in [0.25, 0.3) is 11.8 Å². The standard InChI is InChI=1S/C26H26N2O6S/c1-16-10-11-17-7-4-5-8-20(17)28(16)24(29)15-34-26(31)18-13-21(32-2)22(33-3)14-19(18)27-25(30)23-9-6-12-35-23/h4-9,12-14,16H,10-11,15H2,1-3H3,(H,27,30). The van der Waals surface area contributed by atoms with Gasteiger partial charge in [-0.25, -0.2) is 4.79 Å². The van der Waals surface area contributed by atoms with Gasteiger partial charge in [0.15, 0.2) is 18.1 Å². The molecule has 9 heteroatoms. The summed E-state index contributed by atoms with van der Waals surface area (Å²) in [7, 11) is 2.90. The van der Waals surface area contributed by atoms with E-state index in [2.05, 4.69) is 5.32 Å². The molecule has 1 N–H and O–H groups in total. The van der Waals surface area contributed by atoms with E-state index in [4.69, 9.17) is 14.2 Å². The Balaban J connectivity index is 1.55. The highest BCUT2D eigenvalue weighted by Gasteiger charge is 2.29. The number of anilines is 2. The Hall–Kier alpha value is -3.85. The summed E-state index contributed by atoms with van der Waals surface area (Å²) in [6.45, 7) is 1.53. The van der Waals surface area contributed by atoms with Crippen LogP contribution in [0.1, 0.15) is 38.9 Å². The maximum atomic E-state index is 13.1. The molecule has 2 heterocycles. The third kappa shape index (κ3) is 5.14. The number of benzene rings is 2. The number of rotatable bonds is 7. The van der Waals surface area contributed by atoms with E-state index in [0.717, 1.165) is 24.1 Å². The second-order valence-electron chi connectivity index (χ2n) is 8.04. The van der Waals surface area contributed by atoms with Crippen LogP contribution in [0.4, 0.5) is 11.4 Å². The van der Waals surface area contributed by atoms with E-state index < -0.39 is 12.6 Å². The lowest BCUT2D eigenvalue weighted by Gasteiger charge is -2.35. The number of para-hydroxylation sites is 1. The number of carbonyl (C=O) groups excluding carboxylic acids is 3. The number of aryl methyl sites for hydroxylation is 1. The van der Waals surface area contributed by atoms with Crippen molar-refractivity contribution in [2.24, 2.45) is 0 Å². The maximum Gasteiger partial charge on any atom is 0.340 e. The Kier molecular flexibility index (Phi) is 7.36. The number of hydrogen-bond acceptors (Lipinski definition) is 7. The Bertz CT molecular complexity index is 1240. The molecular weight excluding hydrogens is 468 g/mol. The molecule has 1 unspecified atom stereocenters. The van der Waals surface area contributed by atoms with E-state index in [1.165, 1.54) is 37.7 Å². The molecular formula is C26H26N2O6S. The van der Waals surface area contributed by atoms with Crippen LogP contribution in [0.25, 0.3) is 0 Å². The van der Waals surface area contributed by atoms with Gasteiger partial charge in [0.2, 0.25) is 0 Å². The van der Waals surface area contributed by atoms with E-state index in [1.54, 1.807) is 22.4 Å². The van der Waals surface area contributed by atoms with Crippen LogP contribution in [0.2, 0.25) is 0 Å². The number of hydrogen-bond donors (Lipinski definition) is 1. The van der Waals surface area contributed by atoms with Gasteiger partial charge in [-0.2, -0.15) is 0 Å². The monoisotopic (exact) mass is 494 g/mol. The number of esters is 1. The fraction of sp³-hybridized carbons (Fsp3) is 0.269. The van der Waals surface area contributed by atoms with Crippen molar-refractivity contribution < 1.29 is 28.6 Å². The molecule has 0 spiro atoms. The first-order chi connectivity index (χ1) is 16.9. The second-order valence-corrected chi connectivity index (χ2v) is 8.99. The minimum Gasteiger partial charge on any atom is -0.493 e. The lowest BCUT2D eigenvalue weighted by molar-refractivity contribution is -0.122. The van der Waals surface area contributed by atoms with Crippen molar-refractivity contribution in [1.82, 2.24) is 0 Å². The summed E-state index contributed by atoms with van der Waals surface area (Å²) in [5, 5.41) is 4.51. The molecule has 4 rings (SSSR count). The van der Waals surface area contributed by atoms with Gasteiger partial charge in [0.1, 0.15) is 0 Å². The summed E-state index contributed by atoms with van der Waals surface area (Å²) >= 11 is 1.27. The summed E-state index contributed by atoms with van der Waals surface area (Å²) < 4.78 is 16.1. The number of fused-ring (bicyclic) bond motifs is 1. The van der Waals surface area contributed by atoms with Crippen LogP contribution in [0, 0.1) is 0 Å². The number of ether oxygens (including phenoxy) is 3. The molecule has 0 bridgehead atoms. The molecule has 0 fully saturated rings. The quantitative estimate of drug-likeness (QED) is 0.485. The third-order valence-electron chi connectivity index (χ3n) is 5.86. The molecule has 0 saturated heterocycles. The zero-order chi connectivity index (χ0) is 24.9. The normalized spacial score (nSPS) is 14.6. The van der Waals surface area contributed by atoms with Gasteiger partial charge in [-0.15, -0.1) is 11.3 Å². The van der Waals surface area contributed by atoms with E-state index in [1.807, 2.05) is 31.2 Å². The summed E-state index contributed by atoms with van der Waals surface area (Å²) in [6, 6.07) is 14.1. The number of thiophene rings is 1. The van der Waals surface area contributed by atoms with Gasteiger partial charge in [-0.3, -0.25) is 9.59 Å². The molecule has 1 atom stereocenters. The average molecular weight is 495 g/mol. The average Bonchev–Trinajstić information content (AvgIpc) is 3.42. The molecule has 1 aliphatic rings. The highest BCUT2D eigenvalue weighted by molar-refractivity contribution is 7.12. The first-order valence-electron chi connectivity index (χ1n) is 11.1. The highest BCUT2D eigenvalue weighted by Crippen LogP contribution is 2.35. The van der Waals surface area contributed by atoms with Crippen LogP contribution in [0.5, 0.6) is 11.5 Å². The largest absolute Gasteiger partial charge is 0.493 e. The topological polar surface area (TPSA) is 94.2 Å². The SMILES string of the molecule is COc1cc(NC(=O)c2cccs2)c(C(=O)OCC(=O)N2c3ccccc3CCC2C)cc1OC. The number of nitrogens with zero attached hydrogens (tertiary/aromatic N) is 1. The zero-order valence-corrected chi connectivity index (χ0v) is 20.5. The molecule has 182 valence electrons. The Labute approximate surface area is 207 Å². The predicted molar refractivity (Wildman–Crippen MR) is 134 cm³/mol. The number of amides is 2. The van der Waals surface area contributed by atoms with E-state index in [0.29, 0.717) is 16.4 Å².